The third kappa shape index (κ3) is 4.19. The van der Waals surface area contributed by atoms with Crippen molar-refractivity contribution in [3.8, 4) is 17.2 Å². The number of piperazine rings is 1. The number of benzene rings is 1. The van der Waals surface area contributed by atoms with E-state index in [1.807, 2.05) is 24.0 Å². The van der Waals surface area contributed by atoms with Crippen molar-refractivity contribution in [2.45, 2.75) is 13.5 Å². The Balaban J connectivity index is 2.10. The SMILES string of the molecule is CCOc1c(OC)cc(CN2CCN(C(=N)N)CC2)cc1OC. The molecule has 1 saturated heterocycles. The highest BCUT2D eigenvalue weighted by molar-refractivity contribution is 5.74. The Morgan fingerprint density at radius 1 is 1.13 bits per heavy atom. The summed E-state index contributed by atoms with van der Waals surface area (Å²) in [5, 5.41) is 7.48. The summed E-state index contributed by atoms with van der Waals surface area (Å²) in [7, 11) is 3.26. The summed E-state index contributed by atoms with van der Waals surface area (Å²) >= 11 is 0. The molecule has 0 bridgehead atoms. The van der Waals surface area contributed by atoms with Crippen molar-refractivity contribution in [3.63, 3.8) is 0 Å². The molecule has 2 rings (SSSR count). The second-order valence-electron chi connectivity index (χ2n) is 5.41. The lowest BCUT2D eigenvalue weighted by molar-refractivity contribution is 0.173. The van der Waals surface area contributed by atoms with Crippen molar-refractivity contribution in [2.75, 3.05) is 47.0 Å². The first-order valence-corrected chi connectivity index (χ1v) is 7.78. The van der Waals surface area contributed by atoms with E-state index >= 15 is 0 Å². The van der Waals surface area contributed by atoms with Gasteiger partial charge in [0.25, 0.3) is 0 Å². The number of guanidine groups is 1. The monoisotopic (exact) mass is 322 g/mol. The fraction of sp³-hybridized carbons (Fsp3) is 0.562. The van der Waals surface area contributed by atoms with E-state index in [0.29, 0.717) is 23.9 Å². The molecule has 3 N–H and O–H groups in total. The van der Waals surface area contributed by atoms with Gasteiger partial charge in [-0.1, -0.05) is 0 Å². The summed E-state index contributed by atoms with van der Waals surface area (Å²) in [6.45, 7) is 6.58. The molecule has 1 aromatic carbocycles. The first-order chi connectivity index (χ1) is 11.1. The predicted molar refractivity (Wildman–Crippen MR) is 89.5 cm³/mol. The van der Waals surface area contributed by atoms with E-state index in [9.17, 15) is 0 Å². The molecule has 7 nitrogen and oxygen atoms in total. The minimum Gasteiger partial charge on any atom is -0.493 e. The van der Waals surface area contributed by atoms with Gasteiger partial charge in [0.1, 0.15) is 0 Å². The van der Waals surface area contributed by atoms with Crippen molar-refractivity contribution in [1.82, 2.24) is 9.80 Å². The van der Waals surface area contributed by atoms with Crippen LogP contribution in [-0.2, 0) is 6.54 Å². The zero-order valence-electron chi connectivity index (χ0n) is 14.1. The summed E-state index contributed by atoms with van der Waals surface area (Å²) in [5.74, 6) is 2.16. The van der Waals surface area contributed by atoms with Crippen LogP contribution < -0.4 is 19.9 Å². The zero-order chi connectivity index (χ0) is 16.8. The van der Waals surface area contributed by atoms with Gasteiger partial charge in [-0.15, -0.1) is 0 Å². The third-order valence-electron chi connectivity index (χ3n) is 3.93. The maximum Gasteiger partial charge on any atom is 0.203 e. The van der Waals surface area contributed by atoms with Crippen LogP contribution in [0.5, 0.6) is 17.2 Å². The van der Waals surface area contributed by atoms with Gasteiger partial charge in [-0.25, -0.2) is 0 Å². The number of hydrogen-bond acceptors (Lipinski definition) is 5. The molecule has 1 aromatic rings. The molecule has 128 valence electrons. The maximum absolute atomic E-state index is 7.48. The first-order valence-electron chi connectivity index (χ1n) is 7.78. The summed E-state index contributed by atoms with van der Waals surface area (Å²) in [5.41, 5.74) is 6.64. The highest BCUT2D eigenvalue weighted by Gasteiger charge is 2.19. The molecule has 0 unspecified atom stereocenters. The van der Waals surface area contributed by atoms with Gasteiger partial charge in [0, 0.05) is 32.7 Å². The Hall–Kier alpha value is -2.15. The number of ether oxygens (including phenoxy) is 3. The van der Waals surface area contributed by atoms with Crippen LogP contribution in [-0.4, -0.2) is 62.8 Å². The van der Waals surface area contributed by atoms with Gasteiger partial charge in [0.05, 0.1) is 20.8 Å². The first kappa shape index (κ1) is 17.2. The Labute approximate surface area is 137 Å². The molecule has 1 aliphatic heterocycles. The quantitative estimate of drug-likeness (QED) is 0.603. The topological polar surface area (TPSA) is 84.0 Å². The Morgan fingerprint density at radius 2 is 1.70 bits per heavy atom. The van der Waals surface area contributed by atoms with Crippen LogP contribution >= 0.6 is 0 Å². The lowest BCUT2D eigenvalue weighted by atomic mass is 10.1. The summed E-state index contributed by atoms with van der Waals surface area (Å²) in [6.07, 6.45) is 0. The van der Waals surface area contributed by atoms with E-state index in [1.165, 1.54) is 0 Å². The minimum absolute atomic E-state index is 0.147. The van der Waals surface area contributed by atoms with Gasteiger partial charge in [0.2, 0.25) is 5.75 Å². The van der Waals surface area contributed by atoms with Crippen molar-refractivity contribution in [2.24, 2.45) is 5.73 Å². The molecular formula is C16H26N4O3. The average molecular weight is 322 g/mol. The van der Waals surface area contributed by atoms with Crippen LogP contribution in [0, 0.1) is 5.41 Å². The number of nitrogens with zero attached hydrogens (tertiary/aromatic N) is 2. The Bertz CT molecular complexity index is 517. The van der Waals surface area contributed by atoms with E-state index in [1.54, 1.807) is 14.2 Å². The van der Waals surface area contributed by atoms with E-state index in [2.05, 4.69) is 4.90 Å². The van der Waals surface area contributed by atoms with Gasteiger partial charge in [-0.3, -0.25) is 10.3 Å². The molecule has 0 amide bonds. The molecule has 0 atom stereocenters. The van der Waals surface area contributed by atoms with Crippen LogP contribution in [0.3, 0.4) is 0 Å². The average Bonchev–Trinajstić information content (AvgIpc) is 2.56. The second-order valence-corrected chi connectivity index (χ2v) is 5.41. The molecule has 1 fully saturated rings. The van der Waals surface area contributed by atoms with Gasteiger partial charge < -0.3 is 24.8 Å². The lowest BCUT2D eigenvalue weighted by Crippen LogP contribution is -2.50. The third-order valence-corrected chi connectivity index (χ3v) is 3.93. The van der Waals surface area contributed by atoms with Crippen molar-refractivity contribution in [3.05, 3.63) is 17.7 Å². The Morgan fingerprint density at radius 3 is 2.13 bits per heavy atom. The number of nitrogens with two attached hydrogens (primary N) is 1. The van der Waals surface area contributed by atoms with Crippen molar-refractivity contribution >= 4 is 5.96 Å². The van der Waals surface area contributed by atoms with Crippen LogP contribution in [0.25, 0.3) is 0 Å². The smallest absolute Gasteiger partial charge is 0.203 e. The summed E-state index contributed by atoms with van der Waals surface area (Å²) in [6, 6.07) is 3.98. The maximum atomic E-state index is 7.48. The molecule has 1 aliphatic rings. The molecule has 0 aliphatic carbocycles. The number of nitrogens with one attached hydrogen (secondary N) is 1. The number of hydrogen-bond donors (Lipinski definition) is 2. The zero-order valence-corrected chi connectivity index (χ0v) is 14.1. The van der Waals surface area contributed by atoms with Gasteiger partial charge in [-0.05, 0) is 24.6 Å². The molecule has 23 heavy (non-hydrogen) atoms. The fourth-order valence-electron chi connectivity index (χ4n) is 2.72. The normalized spacial score (nSPS) is 15.3. The van der Waals surface area contributed by atoms with Crippen LogP contribution in [0.2, 0.25) is 0 Å². The standard InChI is InChI=1S/C16H26N4O3/c1-4-23-15-13(21-2)9-12(10-14(15)22-3)11-19-5-7-20(8-6-19)16(17)18/h9-10H,4-8,11H2,1-3H3,(H3,17,18). The summed E-state index contributed by atoms with van der Waals surface area (Å²) < 4.78 is 16.5. The van der Waals surface area contributed by atoms with E-state index in [4.69, 9.17) is 25.4 Å². The van der Waals surface area contributed by atoms with Crippen LogP contribution in [0.1, 0.15) is 12.5 Å². The largest absolute Gasteiger partial charge is 0.493 e. The van der Waals surface area contributed by atoms with Crippen molar-refractivity contribution in [1.29, 1.82) is 5.41 Å². The summed E-state index contributed by atoms with van der Waals surface area (Å²) in [4.78, 5) is 4.21. The van der Waals surface area contributed by atoms with Gasteiger partial charge in [0.15, 0.2) is 17.5 Å². The molecule has 7 heteroatoms. The van der Waals surface area contributed by atoms with Gasteiger partial charge >= 0.3 is 0 Å². The fourth-order valence-corrected chi connectivity index (χ4v) is 2.72. The van der Waals surface area contributed by atoms with Gasteiger partial charge in [-0.2, -0.15) is 0 Å². The van der Waals surface area contributed by atoms with Crippen molar-refractivity contribution < 1.29 is 14.2 Å². The Kier molecular flexibility index (Phi) is 5.92. The molecule has 0 saturated carbocycles. The molecular weight excluding hydrogens is 296 g/mol. The van der Waals surface area contributed by atoms with E-state index in [-0.39, 0.29) is 5.96 Å². The highest BCUT2D eigenvalue weighted by Crippen LogP contribution is 2.38. The molecule has 0 radical (unpaired) electrons. The highest BCUT2D eigenvalue weighted by atomic mass is 16.5. The number of rotatable bonds is 6. The van der Waals surface area contributed by atoms with Crippen LogP contribution in [0.4, 0.5) is 0 Å². The van der Waals surface area contributed by atoms with E-state index in [0.717, 1.165) is 38.3 Å². The van der Waals surface area contributed by atoms with Crippen LogP contribution in [0.15, 0.2) is 12.1 Å². The molecule has 1 heterocycles. The minimum atomic E-state index is 0.147. The number of methoxy groups -OCH3 is 2. The second kappa shape index (κ2) is 7.92. The lowest BCUT2D eigenvalue weighted by Gasteiger charge is -2.35. The molecule has 0 spiro atoms. The van der Waals surface area contributed by atoms with E-state index < -0.39 is 0 Å². The molecule has 0 aromatic heterocycles. The predicted octanol–water partition coefficient (Wildman–Crippen LogP) is 1.11.